The van der Waals surface area contributed by atoms with Crippen LogP contribution in [0.5, 0.6) is 17.2 Å². The quantitative estimate of drug-likeness (QED) is 0.784. The molecule has 0 bridgehead atoms. The van der Waals surface area contributed by atoms with Crippen molar-refractivity contribution < 1.29 is 32.2 Å². The van der Waals surface area contributed by atoms with Crippen LogP contribution in [-0.2, 0) is 11.0 Å². The van der Waals surface area contributed by atoms with Gasteiger partial charge in [0.15, 0.2) is 11.5 Å². The number of hydrogen-bond acceptors (Lipinski definition) is 4. The number of rotatable bonds is 6. The van der Waals surface area contributed by atoms with Crippen molar-refractivity contribution in [3.05, 3.63) is 47.5 Å². The molecule has 1 fully saturated rings. The van der Waals surface area contributed by atoms with Crippen LogP contribution in [0.25, 0.3) is 0 Å². The van der Waals surface area contributed by atoms with E-state index < -0.39 is 23.6 Å². The SMILES string of the molecule is COc1cc(NC(=O)C2CC2c2ccccc2C(F)(F)F)cc(OC)c1OC. The Morgan fingerprint density at radius 3 is 2.18 bits per heavy atom. The normalized spacial score (nSPS) is 18.4. The van der Waals surface area contributed by atoms with Crippen molar-refractivity contribution >= 4 is 11.6 Å². The average molecular weight is 395 g/mol. The van der Waals surface area contributed by atoms with Crippen LogP contribution in [-0.4, -0.2) is 27.2 Å². The second-order valence-electron chi connectivity index (χ2n) is 6.44. The molecule has 150 valence electrons. The van der Waals surface area contributed by atoms with E-state index >= 15 is 0 Å². The van der Waals surface area contributed by atoms with E-state index in [0.29, 0.717) is 29.4 Å². The highest BCUT2D eigenvalue weighted by atomic mass is 19.4. The second-order valence-corrected chi connectivity index (χ2v) is 6.44. The molecule has 3 rings (SSSR count). The lowest BCUT2D eigenvalue weighted by Gasteiger charge is -2.15. The lowest BCUT2D eigenvalue weighted by atomic mass is 10.0. The van der Waals surface area contributed by atoms with Gasteiger partial charge >= 0.3 is 6.18 Å². The van der Waals surface area contributed by atoms with Crippen LogP contribution in [0.1, 0.15) is 23.5 Å². The Kier molecular flexibility index (Phi) is 5.40. The Hall–Kier alpha value is -2.90. The highest BCUT2D eigenvalue weighted by Gasteiger charge is 2.47. The molecule has 8 heteroatoms. The first kappa shape index (κ1) is 19.9. The molecule has 0 heterocycles. The van der Waals surface area contributed by atoms with Crippen molar-refractivity contribution in [3.8, 4) is 17.2 Å². The van der Waals surface area contributed by atoms with Gasteiger partial charge in [0.1, 0.15) is 0 Å². The summed E-state index contributed by atoms with van der Waals surface area (Å²) in [6.07, 6.45) is -4.08. The molecule has 1 aliphatic carbocycles. The minimum absolute atomic E-state index is 0.153. The first-order chi connectivity index (χ1) is 13.3. The Morgan fingerprint density at radius 1 is 1.04 bits per heavy atom. The standard InChI is InChI=1S/C20H20F3NO4/c1-26-16-8-11(9-17(27-2)18(16)28-3)24-19(25)14-10-13(14)12-6-4-5-7-15(12)20(21,22)23/h4-9,13-14H,10H2,1-3H3,(H,24,25). The fourth-order valence-corrected chi connectivity index (χ4v) is 3.30. The van der Waals surface area contributed by atoms with E-state index in [9.17, 15) is 18.0 Å². The van der Waals surface area contributed by atoms with E-state index in [1.54, 1.807) is 18.2 Å². The number of carbonyl (C=O) groups excluding carboxylic acids is 1. The predicted molar refractivity (Wildman–Crippen MR) is 97.0 cm³/mol. The number of nitrogens with one attached hydrogen (secondary N) is 1. The maximum absolute atomic E-state index is 13.2. The fraction of sp³-hybridized carbons (Fsp3) is 0.350. The van der Waals surface area contributed by atoms with Gasteiger partial charge in [-0.25, -0.2) is 0 Å². The third kappa shape index (κ3) is 3.85. The predicted octanol–water partition coefficient (Wildman–Crippen LogP) is 4.47. The maximum atomic E-state index is 13.2. The molecular weight excluding hydrogens is 375 g/mol. The molecule has 2 unspecified atom stereocenters. The van der Waals surface area contributed by atoms with Crippen molar-refractivity contribution in [3.63, 3.8) is 0 Å². The second kappa shape index (κ2) is 7.61. The third-order valence-electron chi connectivity index (χ3n) is 4.73. The molecule has 1 amide bonds. The monoisotopic (exact) mass is 395 g/mol. The van der Waals surface area contributed by atoms with Gasteiger partial charge in [-0.3, -0.25) is 4.79 Å². The number of hydrogen-bond donors (Lipinski definition) is 1. The summed E-state index contributed by atoms with van der Waals surface area (Å²) in [5.41, 5.74) is -0.127. The van der Waals surface area contributed by atoms with Crippen LogP contribution >= 0.6 is 0 Å². The maximum Gasteiger partial charge on any atom is 0.416 e. The Labute approximate surface area is 160 Å². The molecule has 1 N–H and O–H groups in total. The average Bonchev–Trinajstić information content (AvgIpc) is 3.47. The molecule has 0 aromatic heterocycles. The van der Waals surface area contributed by atoms with Crippen molar-refractivity contribution in [1.82, 2.24) is 0 Å². The lowest BCUT2D eigenvalue weighted by molar-refractivity contribution is -0.138. The smallest absolute Gasteiger partial charge is 0.416 e. The lowest BCUT2D eigenvalue weighted by Crippen LogP contribution is -2.16. The summed E-state index contributed by atoms with van der Waals surface area (Å²) >= 11 is 0. The van der Waals surface area contributed by atoms with Crippen LogP contribution < -0.4 is 19.5 Å². The Morgan fingerprint density at radius 2 is 1.64 bits per heavy atom. The number of halogens is 3. The van der Waals surface area contributed by atoms with Crippen molar-refractivity contribution in [1.29, 1.82) is 0 Å². The number of amides is 1. The van der Waals surface area contributed by atoms with Crippen LogP contribution in [0, 0.1) is 5.92 Å². The first-order valence-electron chi connectivity index (χ1n) is 8.57. The summed E-state index contributed by atoms with van der Waals surface area (Å²) < 4.78 is 55.3. The molecule has 28 heavy (non-hydrogen) atoms. The molecule has 1 aliphatic rings. The molecule has 2 aromatic rings. The zero-order chi connectivity index (χ0) is 20.5. The highest BCUT2D eigenvalue weighted by Crippen LogP contribution is 2.51. The van der Waals surface area contributed by atoms with Gasteiger partial charge in [-0.1, -0.05) is 18.2 Å². The van der Waals surface area contributed by atoms with E-state index in [-0.39, 0.29) is 11.5 Å². The van der Waals surface area contributed by atoms with Gasteiger partial charge in [0.25, 0.3) is 0 Å². The summed E-state index contributed by atoms with van der Waals surface area (Å²) in [4.78, 5) is 12.6. The first-order valence-corrected chi connectivity index (χ1v) is 8.57. The molecular formula is C20H20F3NO4. The van der Waals surface area contributed by atoms with Gasteiger partial charge in [0, 0.05) is 23.7 Å². The van der Waals surface area contributed by atoms with Crippen LogP contribution in [0.3, 0.4) is 0 Å². The van der Waals surface area contributed by atoms with Crippen LogP contribution in [0.15, 0.2) is 36.4 Å². The number of ether oxygens (including phenoxy) is 3. The highest BCUT2D eigenvalue weighted by molar-refractivity contribution is 5.96. The Balaban J connectivity index is 1.78. The van der Waals surface area contributed by atoms with Gasteiger partial charge in [0.2, 0.25) is 11.7 Å². The summed E-state index contributed by atoms with van der Waals surface area (Å²) in [6, 6.07) is 8.51. The molecule has 0 spiro atoms. The molecule has 1 saturated carbocycles. The molecule has 2 aromatic carbocycles. The van der Waals surface area contributed by atoms with E-state index in [1.165, 1.54) is 33.5 Å². The minimum atomic E-state index is -4.45. The fourth-order valence-electron chi connectivity index (χ4n) is 3.30. The Bertz CT molecular complexity index is 857. The summed E-state index contributed by atoms with van der Waals surface area (Å²) in [6.45, 7) is 0. The summed E-state index contributed by atoms with van der Waals surface area (Å²) in [7, 11) is 4.37. The number of carbonyl (C=O) groups is 1. The van der Waals surface area contributed by atoms with Crippen LogP contribution in [0.2, 0.25) is 0 Å². The zero-order valence-electron chi connectivity index (χ0n) is 15.6. The van der Waals surface area contributed by atoms with Crippen LogP contribution in [0.4, 0.5) is 18.9 Å². The molecule has 0 saturated heterocycles. The number of anilines is 1. The van der Waals surface area contributed by atoms with Crippen molar-refractivity contribution in [2.45, 2.75) is 18.5 Å². The van der Waals surface area contributed by atoms with Gasteiger partial charge in [-0.05, 0) is 24.0 Å². The zero-order valence-corrected chi connectivity index (χ0v) is 15.6. The summed E-state index contributed by atoms with van der Waals surface area (Å²) in [5, 5.41) is 2.73. The largest absolute Gasteiger partial charge is 0.493 e. The minimum Gasteiger partial charge on any atom is -0.493 e. The van der Waals surface area contributed by atoms with Gasteiger partial charge < -0.3 is 19.5 Å². The number of methoxy groups -OCH3 is 3. The number of alkyl halides is 3. The molecule has 5 nitrogen and oxygen atoms in total. The number of benzene rings is 2. The third-order valence-corrected chi connectivity index (χ3v) is 4.73. The molecule has 0 radical (unpaired) electrons. The van der Waals surface area contributed by atoms with Crippen molar-refractivity contribution in [2.75, 3.05) is 26.6 Å². The van der Waals surface area contributed by atoms with E-state index in [4.69, 9.17) is 14.2 Å². The van der Waals surface area contributed by atoms with Gasteiger partial charge in [-0.2, -0.15) is 13.2 Å². The van der Waals surface area contributed by atoms with Gasteiger partial charge in [-0.15, -0.1) is 0 Å². The van der Waals surface area contributed by atoms with Gasteiger partial charge in [0.05, 0.1) is 26.9 Å². The molecule has 2 atom stereocenters. The summed E-state index contributed by atoms with van der Waals surface area (Å²) in [5.74, 6) is -0.219. The van der Waals surface area contributed by atoms with Crippen molar-refractivity contribution in [2.24, 2.45) is 5.92 Å². The topological polar surface area (TPSA) is 56.8 Å². The molecule has 0 aliphatic heterocycles. The van der Waals surface area contributed by atoms with E-state index in [1.807, 2.05) is 0 Å². The van der Waals surface area contributed by atoms with E-state index in [2.05, 4.69) is 5.32 Å². The van der Waals surface area contributed by atoms with E-state index in [0.717, 1.165) is 6.07 Å².